The zero-order valence-electron chi connectivity index (χ0n) is 5.99. The summed E-state index contributed by atoms with van der Waals surface area (Å²) < 4.78 is 10.5. The van der Waals surface area contributed by atoms with Gasteiger partial charge in [0.15, 0.2) is 6.10 Å². The van der Waals surface area contributed by atoms with Crippen molar-refractivity contribution in [1.29, 1.82) is 5.41 Å². The molecule has 0 saturated carbocycles. The summed E-state index contributed by atoms with van der Waals surface area (Å²) in [6.45, 7) is 0. The van der Waals surface area contributed by atoms with Gasteiger partial charge in [0.05, 0.1) is 0 Å². The fraction of sp³-hybridized carbons (Fsp3) is 0.375. The van der Waals surface area contributed by atoms with E-state index in [-0.39, 0.29) is 12.2 Å². The van der Waals surface area contributed by atoms with Crippen molar-refractivity contribution in [3.8, 4) is 0 Å². The molecule has 2 rings (SSSR count). The van der Waals surface area contributed by atoms with Crippen LogP contribution < -0.4 is 0 Å². The Morgan fingerprint density at radius 1 is 1.36 bits per heavy atom. The van der Waals surface area contributed by atoms with Crippen molar-refractivity contribution in [2.45, 2.75) is 18.6 Å². The SMILES string of the molecule is N=C1C=CC2OC=COC2C1. The Balaban J connectivity index is 2.17. The van der Waals surface area contributed by atoms with Crippen LogP contribution in [0.25, 0.3) is 0 Å². The number of fused-ring (bicyclic) bond motifs is 1. The normalized spacial score (nSPS) is 34.0. The van der Waals surface area contributed by atoms with E-state index in [4.69, 9.17) is 14.9 Å². The Bertz CT molecular complexity index is 232. The van der Waals surface area contributed by atoms with E-state index >= 15 is 0 Å². The maximum absolute atomic E-state index is 7.37. The van der Waals surface area contributed by atoms with Gasteiger partial charge in [-0.2, -0.15) is 0 Å². The third-order valence-corrected chi connectivity index (χ3v) is 1.82. The Labute approximate surface area is 64.8 Å². The molecule has 1 aliphatic heterocycles. The first-order valence-electron chi connectivity index (χ1n) is 3.58. The lowest BCUT2D eigenvalue weighted by atomic mass is 10.00. The summed E-state index contributed by atoms with van der Waals surface area (Å²) in [4.78, 5) is 0. The first-order valence-corrected chi connectivity index (χ1v) is 3.58. The third kappa shape index (κ3) is 1.13. The fourth-order valence-corrected chi connectivity index (χ4v) is 1.25. The van der Waals surface area contributed by atoms with E-state index < -0.39 is 0 Å². The smallest absolute Gasteiger partial charge is 0.154 e. The molecule has 1 aliphatic carbocycles. The van der Waals surface area contributed by atoms with E-state index in [1.807, 2.05) is 6.08 Å². The van der Waals surface area contributed by atoms with Crippen LogP contribution in [0, 0.1) is 5.41 Å². The minimum absolute atomic E-state index is 0.00843. The molecule has 58 valence electrons. The minimum Gasteiger partial charge on any atom is -0.490 e. The van der Waals surface area contributed by atoms with Crippen molar-refractivity contribution >= 4 is 5.71 Å². The zero-order valence-corrected chi connectivity index (χ0v) is 5.99. The van der Waals surface area contributed by atoms with E-state index in [0.29, 0.717) is 12.1 Å². The first-order chi connectivity index (χ1) is 5.36. The van der Waals surface area contributed by atoms with Crippen molar-refractivity contribution in [1.82, 2.24) is 0 Å². The van der Waals surface area contributed by atoms with Crippen LogP contribution in [0.2, 0.25) is 0 Å². The van der Waals surface area contributed by atoms with Gasteiger partial charge in [-0.1, -0.05) is 0 Å². The molecular weight excluding hydrogens is 142 g/mol. The zero-order chi connectivity index (χ0) is 7.68. The predicted octanol–water partition coefficient (Wildman–Crippen LogP) is 1.22. The molecule has 11 heavy (non-hydrogen) atoms. The van der Waals surface area contributed by atoms with Crippen molar-refractivity contribution in [3.05, 3.63) is 24.7 Å². The van der Waals surface area contributed by atoms with Crippen molar-refractivity contribution in [2.75, 3.05) is 0 Å². The van der Waals surface area contributed by atoms with Gasteiger partial charge in [-0.3, -0.25) is 0 Å². The van der Waals surface area contributed by atoms with Crippen molar-refractivity contribution < 1.29 is 9.47 Å². The van der Waals surface area contributed by atoms with E-state index in [1.165, 1.54) is 6.26 Å². The molecule has 0 spiro atoms. The van der Waals surface area contributed by atoms with Crippen LogP contribution in [0.1, 0.15) is 6.42 Å². The molecule has 0 aromatic carbocycles. The summed E-state index contributed by atoms with van der Waals surface area (Å²) in [5.41, 5.74) is 0.602. The van der Waals surface area contributed by atoms with E-state index in [1.54, 1.807) is 12.3 Å². The standard InChI is InChI=1S/C8H9NO2/c9-6-1-2-7-8(5-6)11-4-3-10-7/h1-4,7-9H,5H2. The van der Waals surface area contributed by atoms with Crippen LogP contribution in [0.3, 0.4) is 0 Å². The van der Waals surface area contributed by atoms with Gasteiger partial charge in [-0.05, 0) is 12.2 Å². The minimum atomic E-state index is 0.00843. The van der Waals surface area contributed by atoms with Gasteiger partial charge in [-0.25, -0.2) is 0 Å². The summed E-state index contributed by atoms with van der Waals surface area (Å²) in [5, 5.41) is 7.37. The number of hydrogen-bond donors (Lipinski definition) is 1. The van der Waals surface area contributed by atoms with Gasteiger partial charge in [0.25, 0.3) is 0 Å². The Hall–Kier alpha value is -1.25. The second kappa shape index (κ2) is 2.42. The molecule has 0 saturated heterocycles. The highest BCUT2D eigenvalue weighted by Gasteiger charge is 2.27. The molecule has 0 aromatic heterocycles. The summed E-state index contributed by atoms with van der Waals surface area (Å²) in [6.07, 6.45) is 7.37. The highest BCUT2D eigenvalue weighted by molar-refractivity contribution is 5.93. The number of nitrogens with one attached hydrogen (secondary N) is 1. The van der Waals surface area contributed by atoms with Crippen LogP contribution in [-0.4, -0.2) is 17.9 Å². The molecule has 2 unspecified atom stereocenters. The molecule has 1 N–H and O–H groups in total. The molecule has 2 aliphatic rings. The number of hydrogen-bond acceptors (Lipinski definition) is 3. The topological polar surface area (TPSA) is 42.3 Å². The third-order valence-electron chi connectivity index (χ3n) is 1.82. The van der Waals surface area contributed by atoms with Crippen molar-refractivity contribution in [3.63, 3.8) is 0 Å². The highest BCUT2D eigenvalue weighted by atomic mass is 16.6. The van der Waals surface area contributed by atoms with Gasteiger partial charge in [0.2, 0.25) is 0 Å². The van der Waals surface area contributed by atoms with Gasteiger partial charge < -0.3 is 14.9 Å². The Morgan fingerprint density at radius 2 is 2.18 bits per heavy atom. The van der Waals surface area contributed by atoms with Crippen LogP contribution in [-0.2, 0) is 9.47 Å². The maximum Gasteiger partial charge on any atom is 0.154 e. The molecule has 0 aromatic rings. The second-order valence-electron chi connectivity index (χ2n) is 2.64. The summed E-state index contributed by atoms with van der Waals surface area (Å²) in [6, 6.07) is 0. The van der Waals surface area contributed by atoms with Crippen LogP contribution in [0.15, 0.2) is 24.7 Å². The molecule has 2 atom stereocenters. The molecule has 1 heterocycles. The maximum atomic E-state index is 7.37. The number of ether oxygens (including phenoxy) is 2. The Kier molecular flexibility index (Phi) is 1.42. The number of rotatable bonds is 0. The van der Waals surface area contributed by atoms with Crippen LogP contribution in [0.4, 0.5) is 0 Å². The fourth-order valence-electron chi connectivity index (χ4n) is 1.25. The van der Waals surface area contributed by atoms with Crippen molar-refractivity contribution in [2.24, 2.45) is 0 Å². The quantitative estimate of drug-likeness (QED) is 0.565. The number of allylic oxidation sites excluding steroid dienone is 1. The Morgan fingerprint density at radius 3 is 3.09 bits per heavy atom. The molecule has 3 heteroatoms. The largest absolute Gasteiger partial charge is 0.490 e. The average Bonchev–Trinajstić information content (AvgIpc) is 2.04. The van der Waals surface area contributed by atoms with Gasteiger partial charge >= 0.3 is 0 Å². The molecule has 0 fully saturated rings. The lowest BCUT2D eigenvalue weighted by Crippen LogP contribution is -2.34. The average molecular weight is 151 g/mol. The summed E-state index contributed by atoms with van der Waals surface area (Å²) in [5.74, 6) is 0. The van der Waals surface area contributed by atoms with E-state index in [0.717, 1.165) is 0 Å². The predicted molar refractivity (Wildman–Crippen MR) is 40.4 cm³/mol. The van der Waals surface area contributed by atoms with E-state index in [2.05, 4.69) is 0 Å². The molecule has 0 radical (unpaired) electrons. The van der Waals surface area contributed by atoms with Gasteiger partial charge in [0, 0.05) is 12.1 Å². The lowest BCUT2D eigenvalue weighted by Gasteiger charge is -2.29. The molecular formula is C8H9NO2. The molecule has 0 bridgehead atoms. The van der Waals surface area contributed by atoms with E-state index in [9.17, 15) is 0 Å². The van der Waals surface area contributed by atoms with Crippen LogP contribution >= 0.6 is 0 Å². The summed E-state index contributed by atoms with van der Waals surface area (Å²) >= 11 is 0. The first kappa shape index (κ1) is 6.46. The molecule has 0 amide bonds. The molecule has 3 nitrogen and oxygen atoms in total. The lowest BCUT2D eigenvalue weighted by molar-refractivity contribution is -0.00464. The highest BCUT2D eigenvalue weighted by Crippen LogP contribution is 2.19. The second-order valence-corrected chi connectivity index (χ2v) is 2.64. The monoisotopic (exact) mass is 151 g/mol. The summed E-state index contributed by atoms with van der Waals surface area (Å²) in [7, 11) is 0. The van der Waals surface area contributed by atoms with Gasteiger partial charge in [-0.15, -0.1) is 0 Å². The van der Waals surface area contributed by atoms with Gasteiger partial charge in [0.1, 0.15) is 18.6 Å². The van der Waals surface area contributed by atoms with Crippen LogP contribution in [0.5, 0.6) is 0 Å².